The molecule has 0 spiro atoms. The van der Waals surface area contributed by atoms with E-state index in [2.05, 4.69) is 4.98 Å². The van der Waals surface area contributed by atoms with Crippen LogP contribution >= 0.6 is 11.6 Å². The van der Waals surface area contributed by atoms with E-state index in [0.717, 1.165) is 33.0 Å². The first-order chi connectivity index (χ1) is 14.1. The van der Waals surface area contributed by atoms with Gasteiger partial charge < -0.3 is 9.84 Å². The molecule has 4 nitrogen and oxygen atoms in total. The molecule has 1 heterocycles. The molecule has 0 amide bonds. The number of pyridine rings is 1. The summed E-state index contributed by atoms with van der Waals surface area (Å²) in [5.41, 5.74) is 3.39. The molecule has 0 radical (unpaired) electrons. The summed E-state index contributed by atoms with van der Waals surface area (Å²) >= 11 is 6.07. The van der Waals surface area contributed by atoms with Gasteiger partial charge in [0.05, 0.1) is 12.6 Å². The van der Waals surface area contributed by atoms with E-state index >= 15 is 0 Å². The van der Waals surface area contributed by atoms with Gasteiger partial charge in [-0.05, 0) is 63.4 Å². The SMILES string of the molecule is O=C(O)Cc1c(COc2cccnc2)cc2ccccc2c1-c1ccc(Cl)cc1. The Balaban J connectivity index is 1.89. The summed E-state index contributed by atoms with van der Waals surface area (Å²) in [5, 5.41) is 12.2. The van der Waals surface area contributed by atoms with Crippen molar-refractivity contribution in [2.45, 2.75) is 13.0 Å². The van der Waals surface area contributed by atoms with E-state index in [4.69, 9.17) is 16.3 Å². The van der Waals surface area contributed by atoms with Crippen LogP contribution in [0.4, 0.5) is 0 Å². The molecular weight excluding hydrogens is 386 g/mol. The summed E-state index contributed by atoms with van der Waals surface area (Å²) in [5.74, 6) is -0.256. The molecule has 1 N–H and O–H groups in total. The molecule has 4 rings (SSSR count). The van der Waals surface area contributed by atoms with Gasteiger partial charge in [0.2, 0.25) is 0 Å². The number of hydrogen-bond acceptors (Lipinski definition) is 3. The molecular formula is C24H18ClNO3. The molecule has 5 heteroatoms. The van der Waals surface area contributed by atoms with Gasteiger partial charge in [0.25, 0.3) is 0 Å². The van der Waals surface area contributed by atoms with Crippen LogP contribution in [-0.2, 0) is 17.8 Å². The maximum atomic E-state index is 11.7. The number of hydrogen-bond donors (Lipinski definition) is 1. The quantitative estimate of drug-likeness (QED) is 0.444. The molecule has 0 aliphatic rings. The zero-order valence-electron chi connectivity index (χ0n) is 15.5. The molecule has 0 unspecified atom stereocenters. The Labute approximate surface area is 173 Å². The van der Waals surface area contributed by atoms with Crippen molar-refractivity contribution in [1.29, 1.82) is 0 Å². The van der Waals surface area contributed by atoms with Crippen LogP contribution in [0.3, 0.4) is 0 Å². The fourth-order valence-corrected chi connectivity index (χ4v) is 3.60. The summed E-state index contributed by atoms with van der Waals surface area (Å²) in [4.78, 5) is 15.8. The van der Waals surface area contributed by atoms with Crippen molar-refractivity contribution in [3.63, 3.8) is 0 Å². The minimum atomic E-state index is -0.891. The van der Waals surface area contributed by atoms with Gasteiger partial charge in [-0.1, -0.05) is 48.0 Å². The molecule has 0 saturated carbocycles. The van der Waals surface area contributed by atoms with E-state index in [1.807, 2.05) is 60.7 Å². The lowest BCUT2D eigenvalue weighted by molar-refractivity contribution is -0.136. The van der Waals surface area contributed by atoms with Crippen molar-refractivity contribution in [3.05, 3.63) is 95.3 Å². The van der Waals surface area contributed by atoms with Gasteiger partial charge in [0.15, 0.2) is 0 Å². The highest BCUT2D eigenvalue weighted by molar-refractivity contribution is 6.30. The van der Waals surface area contributed by atoms with Crippen LogP contribution in [0.1, 0.15) is 11.1 Å². The Kier molecular flexibility index (Phi) is 5.45. The molecule has 0 atom stereocenters. The Bertz CT molecular complexity index is 1160. The standard InChI is InChI=1S/C24H18ClNO3/c25-19-9-7-16(8-10-19)24-21-6-2-1-4-17(21)12-18(22(24)13-23(27)28)15-29-20-5-3-11-26-14-20/h1-12,14H,13,15H2,(H,27,28). The molecule has 0 aliphatic carbocycles. The Hall–Kier alpha value is -3.37. The third-order valence-corrected chi connectivity index (χ3v) is 4.99. The number of halogens is 1. The maximum Gasteiger partial charge on any atom is 0.307 e. The number of ether oxygens (including phenoxy) is 1. The lowest BCUT2D eigenvalue weighted by Crippen LogP contribution is -2.09. The fourth-order valence-electron chi connectivity index (χ4n) is 3.47. The second kappa shape index (κ2) is 8.33. The minimum Gasteiger partial charge on any atom is -0.487 e. The highest BCUT2D eigenvalue weighted by atomic mass is 35.5. The van der Waals surface area contributed by atoms with Crippen LogP contribution in [0.5, 0.6) is 5.75 Å². The lowest BCUT2D eigenvalue weighted by atomic mass is 9.88. The van der Waals surface area contributed by atoms with Crippen LogP contribution in [0.25, 0.3) is 21.9 Å². The number of benzene rings is 3. The van der Waals surface area contributed by atoms with Gasteiger partial charge >= 0.3 is 5.97 Å². The molecule has 0 fully saturated rings. The average Bonchev–Trinajstić information content (AvgIpc) is 2.73. The molecule has 0 saturated heterocycles. The van der Waals surface area contributed by atoms with Gasteiger partial charge in [-0.15, -0.1) is 0 Å². The third-order valence-electron chi connectivity index (χ3n) is 4.74. The molecule has 144 valence electrons. The molecule has 0 aliphatic heterocycles. The van der Waals surface area contributed by atoms with E-state index in [9.17, 15) is 9.90 Å². The van der Waals surface area contributed by atoms with Crippen molar-refractivity contribution in [2.75, 3.05) is 0 Å². The van der Waals surface area contributed by atoms with Crippen molar-refractivity contribution in [2.24, 2.45) is 0 Å². The molecule has 4 aromatic rings. The van der Waals surface area contributed by atoms with Crippen molar-refractivity contribution in [3.8, 4) is 16.9 Å². The van der Waals surface area contributed by atoms with Gasteiger partial charge in [0, 0.05) is 11.2 Å². The number of carbonyl (C=O) groups is 1. The van der Waals surface area contributed by atoms with Crippen molar-refractivity contribution < 1.29 is 14.6 Å². The third kappa shape index (κ3) is 4.23. The normalized spacial score (nSPS) is 10.8. The van der Waals surface area contributed by atoms with E-state index in [-0.39, 0.29) is 13.0 Å². The zero-order valence-corrected chi connectivity index (χ0v) is 16.3. The number of carboxylic acid groups (broad SMARTS) is 1. The van der Waals surface area contributed by atoms with Crippen molar-refractivity contribution in [1.82, 2.24) is 4.98 Å². The lowest BCUT2D eigenvalue weighted by Gasteiger charge is -2.18. The van der Waals surface area contributed by atoms with E-state index in [1.54, 1.807) is 18.5 Å². The second-order valence-corrected chi connectivity index (χ2v) is 7.10. The summed E-state index contributed by atoms with van der Waals surface area (Å²) in [7, 11) is 0. The monoisotopic (exact) mass is 403 g/mol. The Morgan fingerprint density at radius 3 is 2.55 bits per heavy atom. The molecule has 1 aromatic heterocycles. The Morgan fingerprint density at radius 2 is 1.83 bits per heavy atom. The maximum absolute atomic E-state index is 11.7. The Morgan fingerprint density at radius 1 is 1.03 bits per heavy atom. The average molecular weight is 404 g/mol. The number of carboxylic acids is 1. The minimum absolute atomic E-state index is 0.103. The first-order valence-electron chi connectivity index (χ1n) is 9.16. The number of aromatic nitrogens is 1. The highest BCUT2D eigenvalue weighted by Gasteiger charge is 2.18. The van der Waals surface area contributed by atoms with Crippen LogP contribution in [0.2, 0.25) is 5.02 Å². The number of aliphatic carboxylic acids is 1. The zero-order chi connectivity index (χ0) is 20.2. The van der Waals surface area contributed by atoms with Crippen LogP contribution in [0.15, 0.2) is 79.1 Å². The molecule has 3 aromatic carbocycles. The summed E-state index contributed by atoms with van der Waals surface area (Å²) in [6.45, 7) is 0.250. The van der Waals surface area contributed by atoms with E-state index < -0.39 is 5.97 Å². The van der Waals surface area contributed by atoms with Crippen molar-refractivity contribution >= 4 is 28.3 Å². The first kappa shape index (κ1) is 19.0. The van der Waals surface area contributed by atoms with Gasteiger partial charge in [-0.2, -0.15) is 0 Å². The van der Waals surface area contributed by atoms with Crippen LogP contribution in [0, 0.1) is 0 Å². The van der Waals surface area contributed by atoms with E-state index in [1.165, 1.54) is 0 Å². The predicted octanol–water partition coefficient (Wildman–Crippen LogP) is 5.76. The predicted molar refractivity (Wildman–Crippen MR) is 114 cm³/mol. The topological polar surface area (TPSA) is 59.4 Å². The highest BCUT2D eigenvalue weighted by Crippen LogP contribution is 2.36. The van der Waals surface area contributed by atoms with E-state index in [0.29, 0.717) is 10.8 Å². The summed E-state index contributed by atoms with van der Waals surface area (Å²) in [6.07, 6.45) is 3.21. The summed E-state index contributed by atoms with van der Waals surface area (Å²) < 4.78 is 5.90. The number of fused-ring (bicyclic) bond motifs is 1. The fraction of sp³-hybridized carbons (Fsp3) is 0.0833. The smallest absolute Gasteiger partial charge is 0.307 e. The number of nitrogens with zero attached hydrogens (tertiary/aromatic N) is 1. The van der Waals surface area contributed by atoms with Gasteiger partial charge in [0.1, 0.15) is 12.4 Å². The number of rotatable bonds is 6. The first-order valence-corrected chi connectivity index (χ1v) is 9.53. The largest absolute Gasteiger partial charge is 0.487 e. The molecule has 29 heavy (non-hydrogen) atoms. The van der Waals surface area contributed by atoms with Crippen LogP contribution < -0.4 is 4.74 Å². The van der Waals surface area contributed by atoms with Gasteiger partial charge in [-0.3, -0.25) is 9.78 Å². The second-order valence-electron chi connectivity index (χ2n) is 6.67. The van der Waals surface area contributed by atoms with Crippen LogP contribution in [-0.4, -0.2) is 16.1 Å². The molecule has 0 bridgehead atoms. The van der Waals surface area contributed by atoms with Gasteiger partial charge in [-0.25, -0.2) is 0 Å². The summed E-state index contributed by atoms with van der Waals surface area (Å²) in [6, 6.07) is 21.0.